The van der Waals surface area contributed by atoms with E-state index in [-0.39, 0.29) is 0 Å². The summed E-state index contributed by atoms with van der Waals surface area (Å²) in [5.41, 5.74) is 2.66. The van der Waals surface area contributed by atoms with Crippen LogP contribution in [0.15, 0.2) is 16.6 Å². The summed E-state index contributed by atoms with van der Waals surface area (Å²) in [6, 6.07) is 5.63. The van der Waals surface area contributed by atoms with E-state index >= 15 is 0 Å². The molecule has 1 atom stereocenters. The molecule has 1 fully saturated rings. The third kappa shape index (κ3) is 2.43. The third-order valence-electron chi connectivity index (χ3n) is 3.78. The maximum Gasteiger partial charge on any atom is 0.127 e. The number of rotatable bonds is 3. The van der Waals surface area contributed by atoms with Crippen molar-refractivity contribution in [2.75, 3.05) is 6.61 Å². The van der Waals surface area contributed by atoms with Gasteiger partial charge in [0.2, 0.25) is 0 Å². The van der Waals surface area contributed by atoms with Gasteiger partial charge in [-0.1, -0.05) is 29.8 Å². The summed E-state index contributed by atoms with van der Waals surface area (Å²) in [7, 11) is 0. The van der Waals surface area contributed by atoms with E-state index in [0.717, 1.165) is 29.3 Å². The highest BCUT2D eigenvalue weighted by molar-refractivity contribution is 9.10. The molecule has 0 amide bonds. The first-order valence-electron chi connectivity index (χ1n) is 6.87. The molecule has 1 aromatic rings. The molecule has 0 saturated heterocycles. The average Bonchev–Trinajstić information content (AvgIpc) is 3.13. The van der Waals surface area contributed by atoms with Crippen LogP contribution in [0.4, 0.5) is 0 Å². The zero-order valence-corrected chi connectivity index (χ0v) is 12.6. The minimum Gasteiger partial charge on any atom is -0.493 e. The Morgan fingerprint density at radius 3 is 2.72 bits per heavy atom. The summed E-state index contributed by atoms with van der Waals surface area (Å²) in [5.74, 6) is 1.62. The number of nitrogens with one attached hydrogen (secondary N) is 1. The number of hydrogen-bond donors (Lipinski definition) is 1. The fourth-order valence-electron chi connectivity index (χ4n) is 2.63. The Balaban J connectivity index is 1.99. The van der Waals surface area contributed by atoms with E-state index in [9.17, 15) is 0 Å². The molecule has 1 aliphatic heterocycles. The smallest absolute Gasteiger partial charge is 0.127 e. The highest BCUT2D eigenvalue weighted by Gasteiger charge is 2.30. The highest BCUT2D eigenvalue weighted by Crippen LogP contribution is 2.41. The van der Waals surface area contributed by atoms with Gasteiger partial charge in [0.1, 0.15) is 5.75 Å². The fourth-order valence-corrected chi connectivity index (χ4v) is 3.13. The summed E-state index contributed by atoms with van der Waals surface area (Å²) in [6.07, 6.45) is 3.74. The van der Waals surface area contributed by atoms with Gasteiger partial charge >= 0.3 is 0 Å². The SMILES string of the molecule is CC(C)c1cc(Br)cc2c1OCCC2NC1CC1. The van der Waals surface area contributed by atoms with E-state index in [1.54, 1.807) is 0 Å². The second-order valence-electron chi connectivity index (χ2n) is 5.70. The van der Waals surface area contributed by atoms with Crippen LogP contribution >= 0.6 is 15.9 Å². The number of hydrogen-bond acceptors (Lipinski definition) is 2. The Morgan fingerprint density at radius 1 is 1.28 bits per heavy atom. The molecule has 1 aromatic carbocycles. The Morgan fingerprint density at radius 2 is 2.06 bits per heavy atom. The Bertz CT molecular complexity index is 454. The van der Waals surface area contributed by atoms with Gasteiger partial charge in [-0.15, -0.1) is 0 Å². The van der Waals surface area contributed by atoms with Crippen LogP contribution in [0.5, 0.6) is 5.75 Å². The molecule has 1 saturated carbocycles. The van der Waals surface area contributed by atoms with Crippen LogP contribution in [0.3, 0.4) is 0 Å². The first-order valence-corrected chi connectivity index (χ1v) is 7.66. The molecule has 18 heavy (non-hydrogen) atoms. The van der Waals surface area contributed by atoms with Gasteiger partial charge in [-0.25, -0.2) is 0 Å². The van der Waals surface area contributed by atoms with Crippen molar-refractivity contribution >= 4 is 15.9 Å². The quantitative estimate of drug-likeness (QED) is 0.905. The molecule has 3 heteroatoms. The summed E-state index contributed by atoms with van der Waals surface area (Å²) in [6.45, 7) is 5.28. The van der Waals surface area contributed by atoms with Crippen LogP contribution in [-0.2, 0) is 0 Å². The minimum absolute atomic E-state index is 0.469. The number of fused-ring (bicyclic) bond motifs is 1. The maximum absolute atomic E-state index is 5.94. The summed E-state index contributed by atoms with van der Waals surface area (Å²) in [4.78, 5) is 0. The van der Waals surface area contributed by atoms with E-state index in [0.29, 0.717) is 12.0 Å². The topological polar surface area (TPSA) is 21.3 Å². The first kappa shape index (κ1) is 12.5. The standard InChI is InChI=1S/C15H20BrNO/c1-9(2)12-7-10(16)8-13-14(17-11-3-4-11)5-6-18-15(12)13/h7-9,11,14,17H,3-6H2,1-2H3. The molecular weight excluding hydrogens is 290 g/mol. The minimum atomic E-state index is 0.469. The molecule has 1 N–H and O–H groups in total. The molecular formula is C15H20BrNO. The largest absolute Gasteiger partial charge is 0.493 e. The average molecular weight is 310 g/mol. The molecule has 1 unspecified atom stereocenters. The van der Waals surface area contributed by atoms with Crippen LogP contribution in [0.1, 0.15) is 56.2 Å². The van der Waals surface area contributed by atoms with Gasteiger partial charge in [-0.2, -0.15) is 0 Å². The van der Waals surface area contributed by atoms with E-state index in [1.165, 1.54) is 24.0 Å². The summed E-state index contributed by atoms with van der Waals surface area (Å²) < 4.78 is 7.11. The molecule has 0 bridgehead atoms. The van der Waals surface area contributed by atoms with E-state index in [2.05, 4.69) is 47.2 Å². The lowest BCUT2D eigenvalue weighted by molar-refractivity contribution is 0.248. The molecule has 3 rings (SSSR count). The van der Waals surface area contributed by atoms with Gasteiger partial charge < -0.3 is 10.1 Å². The fraction of sp³-hybridized carbons (Fsp3) is 0.600. The van der Waals surface area contributed by atoms with Crippen molar-refractivity contribution < 1.29 is 4.74 Å². The Kier molecular flexibility index (Phi) is 3.37. The van der Waals surface area contributed by atoms with Gasteiger partial charge in [0, 0.05) is 28.5 Å². The lowest BCUT2D eigenvalue weighted by atomic mass is 9.93. The zero-order chi connectivity index (χ0) is 12.7. The van der Waals surface area contributed by atoms with Crippen LogP contribution in [0, 0.1) is 0 Å². The van der Waals surface area contributed by atoms with Crippen molar-refractivity contribution in [3.63, 3.8) is 0 Å². The number of halogens is 1. The molecule has 0 spiro atoms. The maximum atomic E-state index is 5.94. The van der Waals surface area contributed by atoms with Gasteiger partial charge in [-0.3, -0.25) is 0 Å². The normalized spacial score (nSPS) is 22.8. The van der Waals surface area contributed by atoms with E-state index in [4.69, 9.17) is 4.74 Å². The van der Waals surface area contributed by atoms with E-state index in [1.807, 2.05) is 0 Å². The van der Waals surface area contributed by atoms with Crippen LogP contribution in [0.2, 0.25) is 0 Å². The number of ether oxygens (including phenoxy) is 1. The Labute approximate surface area is 117 Å². The molecule has 0 aromatic heterocycles. The zero-order valence-electron chi connectivity index (χ0n) is 11.0. The third-order valence-corrected chi connectivity index (χ3v) is 4.23. The molecule has 98 valence electrons. The Hall–Kier alpha value is -0.540. The molecule has 1 aliphatic carbocycles. The van der Waals surface area contributed by atoms with Crippen molar-refractivity contribution in [2.24, 2.45) is 0 Å². The lowest BCUT2D eigenvalue weighted by Crippen LogP contribution is -2.29. The lowest BCUT2D eigenvalue weighted by Gasteiger charge is -2.29. The van der Waals surface area contributed by atoms with Gasteiger partial charge in [0.15, 0.2) is 0 Å². The summed E-state index contributed by atoms with van der Waals surface area (Å²) in [5, 5.41) is 3.74. The molecule has 0 radical (unpaired) electrons. The second kappa shape index (κ2) is 4.86. The van der Waals surface area contributed by atoms with Crippen LogP contribution < -0.4 is 10.1 Å². The molecule has 2 nitrogen and oxygen atoms in total. The molecule has 2 aliphatic rings. The number of benzene rings is 1. The van der Waals surface area contributed by atoms with Crippen LogP contribution in [0.25, 0.3) is 0 Å². The van der Waals surface area contributed by atoms with Crippen LogP contribution in [-0.4, -0.2) is 12.6 Å². The first-order chi connectivity index (χ1) is 8.65. The monoisotopic (exact) mass is 309 g/mol. The van der Waals surface area contributed by atoms with E-state index < -0.39 is 0 Å². The van der Waals surface area contributed by atoms with Gasteiger partial charge in [0.25, 0.3) is 0 Å². The molecule has 1 heterocycles. The van der Waals surface area contributed by atoms with Gasteiger partial charge in [0.05, 0.1) is 6.61 Å². The van der Waals surface area contributed by atoms with Crippen molar-refractivity contribution in [2.45, 2.75) is 51.1 Å². The predicted molar refractivity (Wildman–Crippen MR) is 77.2 cm³/mol. The summed E-state index contributed by atoms with van der Waals surface area (Å²) >= 11 is 3.64. The second-order valence-corrected chi connectivity index (χ2v) is 6.61. The predicted octanol–water partition coefficient (Wildman–Crippen LogP) is 4.15. The van der Waals surface area contributed by atoms with Crippen molar-refractivity contribution in [1.29, 1.82) is 0 Å². The van der Waals surface area contributed by atoms with Gasteiger partial charge in [-0.05, 0) is 36.5 Å². The van der Waals surface area contributed by atoms with Crippen molar-refractivity contribution in [3.05, 3.63) is 27.7 Å². The van der Waals surface area contributed by atoms with Crippen molar-refractivity contribution in [3.8, 4) is 5.75 Å². The van der Waals surface area contributed by atoms with Crippen molar-refractivity contribution in [1.82, 2.24) is 5.32 Å². The highest BCUT2D eigenvalue weighted by atomic mass is 79.9.